The van der Waals surface area contributed by atoms with Gasteiger partial charge in [0.15, 0.2) is 0 Å². The van der Waals surface area contributed by atoms with E-state index >= 15 is 0 Å². The minimum Gasteiger partial charge on any atom is -0.465 e. The van der Waals surface area contributed by atoms with Gasteiger partial charge in [0, 0.05) is 25.5 Å². The van der Waals surface area contributed by atoms with Crippen LogP contribution in [0, 0.1) is 11.8 Å². The van der Waals surface area contributed by atoms with Crippen molar-refractivity contribution < 1.29 is 29.0 Å². The van der Waals surface area contributed by atoms with Crippen LogP contribution in [0.15, 0.2) is 84.5 Å². The van der Waals surface area contributed by atoms with E-state index in [2.05, 4.69) is 41.9 Å². The van der Waals surface area contributed by atoms with Gasteiger partial charge >= 0.3 is 12.2 Å². The number of carbonyl (C=O) groups excluding carboxylic acids is 3. The SMILES string of the molecule is COC(=O)N[C@H](C(=O)N1C[C@H](n2cc(SC)nn2)C[C@H]1c1ncc(-c2ccc(-c3ccc(-c4cnc([C@@H]5C[C@@H](N6C=CNN6)CN5C(=O)[C@@H](NC(=O)O)C(C)C)[nH]4)cc3)cc2)[nH]1)C(C)C. The quantitative estimate of drug-likeness (QED) is 0.0720. The molecule has 0 bridgehead atoms. The predicted octanol–water partition coefficient (Wildman–Crippen LogP) is 5.07. The lowest BCUT2D eigenvalue weighted by molar-refractivity contribution is -0.136. The summed E-state index contributed by atoms with van der Waals surface area (Å²) in [6.07, 6.45) is 10.2. The first-order chi connectivity index (χ1) is 31.3. The molecule has 0 unspecified atom stereocenters. The molecular weight excluding hydrogens is 853 g/mol. The van der Waals surface area contributed by atoms with Gasteiger partial charge in [-0.1, -0.05) is 81.4 Å². The van der Waals surface area contributed by atoms with E-state index < -0.39 is 36.4 Å². The monoisotopic (exact) mass is 906 g/mol. The number of aromatic amines is 2. The number of thioether (sulfide) groups is 1. The largest absolute Gasteiger partial charge is 0.465 e. The zero-order valence-corrected chi connectivity index (χ0v) is 37.7. The van der Waals surface area contributed by atoms with Crippen LogP contribution in [0.3, 0.4) is 0 Å². The van der Waals surface area contributed by atoms with E-state index in [-0.39, 0.29) is 35.7 Å². The molecule has 0 saturated carbocycles. The molecule has 20 nitrogen and oxygen atoms in total. The number of methoxy groups -OCH3 is 1. The highest BCUT2D eigenvalue weighted by atomic mass is 32.2. The third-order valence-corrected chi connectivity index (χ3v) is 12.9. The number of hydrogen-bond acceptors (Lipinski definition) is 13. The first kappa shape index (κ1) is 44.7. The highest BCUT2D eigenvalue weighted by molar-refractivity contribution is 7.98. The van der Waals surface area contributed by atoms with Gasteiger partial charge < -0.3 is 45.7 Å². The Kier molecular flexibility index (Phi) is 13.1. The Balaban J connectivity index is 0.973. The summed E-state index contributed by atoms with van der Waals surface area (Å²) in [7, 11) is 1.27. The van der Waals surface area contributed by atoms with Gasteiger partial charge in [0.05, 0.1) is 61.3 Å². The van der Waals surface area contributed by atoms with Crippen LogP contribution in [-0.4, -0.2) is 123 Å². The van der Waals surface area contributed by atoms with Crippen molar-refractivity contribution in [2.75, 3.05) is 26.5 Å². The molecule has 2 aromatic carbocycles. The Morgan fingerprint density at radius 3 is 1.74 bits per heavy atom. The second kappa shape index (κ2) is 19.1. The van der Waals surface area contributed by atoms with Crippen LogP contribution in [0.4, 0.5) is 9.59 Å². The topological polar surface area (TPSA) is 244 Å². The van der Waals surface area contributed by atoms with Gasteiger partial charge in [-0.3, -0.25) is 14.6 Å². The van der Waals surface area contributed by atoms with E-state index in [9.17, 15) is 24.3 Å². The Labute approximate surface area is 379 Å². The van der Waals surface area contributed by atoms with Crippen molar-refractivity contribution in [3.05, 3.63) is 91.2 Å². The maximum absolute atomic E-state index is 14.1. The number of hydrazine groups is 2. The minimum atomic E-state index is -1.25. The van der Waals surface area contributed by atoms with Gasteiger partial charge in [0.1, 0.15) is 28.8 Å². The average molecular weight is 907 g/mol. The Morgan fingerprint density at radius 1 is 0.769 bits per heavy atom. The summed E-state index contributed by atoms with van der Waals surface area (Å²) in [5, 5.41) is 25.9. The zero-order valence-electron chi connectivity index (χ0n) is 36.9. The lowest BCUT2D eigenvalue weighted by atomic mass is 10.0. The Morgan fingerprint density at radius 2 is 1.28 bits per heavy atom. The Hall–Kier alpha value is -6.87. The van der Waals surface area contributed by atoms with Crippen LogP contribution < -0.4 is 21.6 Å². The molecule has 0 aliphatic carbocycles. The lowest BCUT2D eigenvalue weighted by Gasteiger charge is -2.30. The first-order valence-electron chi connectivity index (χ1n) is 21.5. The maximum atomic E-state index is 14.1. The molecule has 0 radical (unpaired) electrons. The molecule has 2 fully saturated rings. The smallest absolute Gasteiger partial charge is 0.407 e. The number of H-pyrrole nitrogens is 2. The molecule has 4 amide bonds. The molecule has 3 aliphatic rings. The van der Waals surface area contributed by atoms with Crippen molar-refractivity contribution >= 4 is 35.8 Å². The van der Waals surface area contributed by atoms with E-state index in [0.717, 1.165) is 38.7 Å². The molecule has 3 aromatic heterocycles. The van der Waals surface area contributed by atoms with Crippen LogP contribution in [0.25, 0.3) is 33.6 Å². The van der Waals surface area contributed by atoms with E-state index in [1.165, 1.54) is 18.9 Å². The van der Waals surface area contributed by atoms with Crippen molar-refractivity contribution in [2.24, 2.45) is 11.8 Å². The van der Waals surface area contributed by atoms with E-state index in [4.69, 9.17) is 14.7 Å². The number of ether oxygens (including phenoxy) is 1. The molecule has 6 atom stereocenters. The number of imidazole rings is 2. The van der Waals surface area contributed by atoms with Crippen LogP contribution in [0.1, 0.15) is 70.3 Å². The standard InChI is InChI=1S/C44H54N14O6S/c1-24(2)37(50-43(61)62)41(59)55-21-30(57-16-15-47-53-57)17-34(55)39-45-19-32(48-39)28-11-7-26(8-12-28)27-9-13-29(14-10-27)33-20-46-40(49-33)35-18-31(58-23-36(65-6)52-54-58)22-56(35)42(60)38(25(3)4)51-44(63)64-5/h7-16,19-20,23-25,30-31,34-35,37-38,47,50,53H,17-18,21-22H2,1-6H3,(H,45,48)(H,46,49)(H,51,63)(H,61,62)/t30-,31-,34+,35+,37+,38+/m1/s1. The fraction of sp³-hybridized carbons (Fsp3) is 0.409. The van der Waals surface area contributed by atoms with Crippen LogP contribution in [0.5, 0.6) is 0 Å². The van der Waals surface area contributed by atoms with Gasteiger partial charge in [-0.05, 0) is 53.2 Å². The number of benzene rings is 2. The van der Waals surface area contributed by atoms with Crippen LogP contribution in [-0.2, 0) is 14.3 Å². The summed E-state index contributed by atoms with van der Waals surface area (Å²) in [6, 6.07) is 13.5. The number of nitrogens with zero attached hydrogens (tertiary/aromatic N) is 8. The number of carbonyl (C=O) groups is 4. The fourth-order valence-electron chi connectivity index (χ4n) is 8.73. The zero-order chi connectivity index (χ0) is 45.9. The molecule has 65 heavy (non-hydrogen) atoms. The van der Waals surface area contributed by atoms with Gasteiger partial charge in [-0.15, -0.1) is 22.4 Å². The first-order valence-corrected chi connectivity index (χ1v) is 22.7. The van der Waals surface area contributed by atoms with Crippen LogP contribution in [0.2, 0.25) is 0 Å². The summed E-state index contributed by atoms with van der Waals surface area (Å²) in [5.74, 6) is 0.266. The average Bonchev–Trinajstić information content (AvgIpc) is 4.16. The van der Waals surface area contributed by atoms with E-state index in [1.807, 2.05) is 99.9 Å². The number of alkyl carbamates (subject to hydrolysis) is 1. The summed E-state index contributed by atoms with van der Waals surface area (Å²) in [6.45, 7) is 8.13. The summed E-state index contributed by atoms with van der Waals surface area (Å²) in [5.41, 5.74) is 11.5. The number of likely N-dealkylation sites (tertiary alicyclic amines) is 2. The third-order valence-electron chi connectivity index (χ3n) is 12.3. The molecule has 7 N–H and O–H groups in total. The highest BCUT2D eigenvalue weighted by Crippen LogP contribution is 2.39. The van der Waals surface area contributed by atoms with Crippen molar-refractivity contribution in [3.8, 4) is 33.6 Å². The molecular formula is C44H54N14O6S. The van der Waals surface area contributed by atoms with Crippen molar-refractivity contribution in [2.45, 2.75) is 81.8 Å². The molecule has 21 heteroatoms. The van der Waals surface area contributed by atoms with E-state index in [1.54, 1.807) is 33.1 Å². The van der Waals surface area contributed by atoms with Gasteiger partial charge in [0.25, 0.3) is 0 Å². The third kappa shape index (κ3) is 9.51. The summed E-state index contributed by atoms with van der Waals surface area (Å²) < 4.78 is 6.63. The fourth-order valence-corrected chi connectivity index (χ4v) is 9.06. The number of hydrogen-bond donors (Lipinski definition) is 7. The number of aromatic nitrogens is 7. The van der Waals surface area contributed by atoms with Crippen molar-refractivity contribution in [3.63, 3.8) is 0 Å². The molecule has 2 saturated heterocycles. The van der Waals surface area contributed by atoms with Gasteiger partial charge in [-0.25, -0.2) is 24.2 Å². The molecule has 0 spiro atoms. The van der Waals surface area contributed by atoms with Crippen molar-refractivity contribution in [1.29, 1.82) is 0 Å². The second-order valence-corrected chi connectivity index (χ2v) is 17.9. The van der Waals surface area contributed by atoms with Gasteiger partial charge in [-0.2, -0.15) is 0 Å². The second-order valence-electron chi connectivity index (χ2n) is 17.1. The minimum absolute atomic E-state index is 0.0796. The number of nitrogens with one attached hydrogen (secondary N) is 6. The summed E-state index contributed by atoms with van der Waals surface area (Å²) in [4.78, 5) is 71.8. The maximum Gasteiger partial charge on any atom is 0.407 e. The van der Waals surface area contributed by atoms with Crippen molar-refractivity contribution in [1.82, 2.24) is 71.3 Å². The normalized spacial score (nSPS) is 20.3. The lowest BCUT2D eigenvalue weighted by Crippen LogP contribution is -2.52. The number of amides is 4. The molecule has 8 rings (SSSR count). The molecule has 5 aromatic rings. The molecule has 3 aliphatic heterocycles. The summed E-state index contributed by atoms with van der Waals surface area (Å²) >= 11 is 1.49. The van der Waals surface area contributed by atoms with Crippen LogP contribution >= 0.6 is 11.8 Å². The van der Waals surface area contributed by atoms with Gasteiger partial charge in [0.2, 0.25) is 11.8 Å². The number of carboxylic acid groups (broad SMARTS) is 1. The van der Waals surface area contributed by atoms with E-state index in [0.29, 0.717) is 37.6 Å². The Bertz CT molecular complexity index is 2520. The number of rotatable bonds is 14. The highest BCUT2D eigenvalue weighted by Gasteiger charge is 2.44. The molecule has 342 valence electrons. The predicted molar refractivity (Wildman–Crippen MR) is 241 cm³/mol. The molecule has 6 heterocycles.